The number of rotatable bonds is 4. The first kappa shape index (κ1) is 16.8. The van der Waals surface area contributed by atoms with Crippen LogP contribution in [0, 0.1) is 3.77 Å². The molecule has 0 spiro atoms. The maximum absolute atomic E-state index is 12.0. The van der Waals surface area contributed by atoms with Crippen LogP contribution in [0.1, 0.15) is 25.1 Å². The van der Waals surface area contributed by atoms with E-state index >= 15 is 0 Å². The van der Waals surface area contributed by atoms with Crippen LogP contribution < -0.4 is 4.31 Å². The molecule has 116 valence electrons. The van der Waals surface area contributed by atoms with Gasteiger partial charge in [-0.2, -0.15) is 0 Å². The SMILES string of the molecule is CCC(=O)c1c(I)oc2cc(N(C)S(C)(=O)=O)c(Br)cc12.[2HH]. The topological polar surface area (TPSA) is 67.6 Å². The zero-order valence-corrected chi connectivity index (χ0v) is 16.2. The van der Waals surface area contributed by atoms with Crippen molar-refractivity contribution in [2.75, 3.05) is 17.6 Å². The number of furan rings is 1. The van der Waals surface area contributed by atoms with Gasteiger partial charge in [-0.15, -0.1) is 0 Å². The number of Topliss-reactive ketones (excluding diaryl/α,β-unsaturated/α-hetero) is 1. The summed E-state index contributed by atoms with van der Waals surface area (Å²) >= 11 is 5.34. The Bertz CT molecular complexity index is 834. The number of halogens is 2. The molecule has 2 rings (SSSR count). The van der Waals surface area contributed by atoms with E-state index in [2.05, 4.69) is 15.9 Å². The Morgan fingerprint density at radius 1 is 1.48 bits per heavy atom. The molecule has 0 aliphatic heterocycles. The van der Waals surface area contributed by atoms with Crippen LogP contribution in [0.15, 0.2) is 21.0 Å². The van der Waals surface area contributed by atoms with Crippen molar-refractivity contribution < 1.29 is 19.1 Å². The molecule has 0 saturated heterocycles. The van der Waals surface area contributed by atoms with Crippen molar-refractivity contribution in [3.8, 4) is 0 Å². The van der Waals surface area contributed by atoms with Crippen LogP contribution in [0.2, 0.25) is 0 Å². The largest absolute Gasteiger partial charge is 0.449 e. The number of hydrogen-bond acceptors (Lipinski definition) is 4. The van der Waals surface area contributed by atoms with Crippen LogP contribution in [-0.2, 0) is 10.0 Å². The highest BCUT2D eigenvalue weighted by Gasteiger charge is 2.22. The number of hydrogen-bond donors (Lipinski definition) is 0. The Morgan fingerprint density at radius 3 is 2.62 bits per heavy atom. The van der Waals surface area contributed by atoms with E-state index in [0.717, 1.165) is 10.6 Å². The number of sulfonamides is 1. The van der Waals surface area contributed by atoms with Crippen molar-refractivity contribution >= 4 is 71.0 Å². The minimum absolute atomic E-state index is 0. The minimum atomic E-state index is -3.38. The molecule has 0 radical (unpaired) electrons. The second-order valence-corrected chi connectivity index (χ2v) is 8.41. The van der Waals surface area contributed by atoms with Crippen LogP contribution in [-0.4, -0.2) is 27.5 Å². The predicted molar refractivity (Wildman–Crippen MR) is 96.6 cm³/mol. The molecule has 21 heavy (non-hydrogen) atoms. The number of fused-ring (bicyclic) bond motifs is 1. The van der Waals surface area contributed by atoms with E-state index in [1.54, 1.807) is 19.1 Å². The summed E-state index contributed by atoms with van der Waals surface area (Å²) in [5.74, 6) is -0.00531. The summed E-state index contributed by atoms with van der Waals surface area (Å²) in [5.41, 5.74) is 1.50. The third-order valence-electron chi connectivity index (χ3n) is 3.15. The first-order chi connectivity index (χ1) is 9.66. The Hall–Kier alpha value is -0.610. The normalized spacial score (nSPS) is 11.9. The Labute approximate surface area is 146 Å². The maximum atomic E-state index is 12.0. The molecule has 0 unspecified atom stereocenters. The average Bonchev–Trinajstić information content (AvgIpc) is 2.70. The summed E-state index contributed by atoms with van der Waals surface area (Å²) in [6, 6.07) is 3.34. The summed E-state index contributed by atoms with van der Waals surface area (Å²) in [6.45, 7) is 1.79. The Balaban J connectivity index is 0.00000242. The van der Waals surface area contributed by atoms with Crippen LogP contribution in [0.3, 0.4) is 0 Å². The molecular formula is C13H15BrINO4S. The maximum Gasteiger partial charge on any atom is 0.232 e. The molecule has 0 saturated carbocycles. The van der Waals surface area contributed by atoms with Crippen LogP contribution in [0.4, 0.5) is 5.69 Å². The predicted octanol–water partition coefficient (Wildman–Crippen LogP) is 4.03. The summed E-state index contributed by atoms with van der Waals surface area (Å²) in [4.78, 5) is 12.0. The molecule has 1 heterocycles. The van der Waals surface area contributed by atoms with Gasteiger partial charge in [-0.1, -0.05) is 6.92 Å². The second-order valence-electron chi connectivity index (χ2n) is 4.56. The van der Waals surface area contributed by atoms with Gasteiger partial charge in [0.05, 0.1) is 17.5 Å². The van der Waals surface area contributed by atoms with Gasteiger partial charge < -0.3 is 4.42 Å². The smallest absolute Gasteiger partial charge is 0.232 e. The van der Waals surface area contributed by atoms with Crippen molar-refractivity contribution in [1.82, 2.24) is 0 Å². The van der Waals surface area contributed by atoms with Crippen molar-refractivity contribution in [3.05, 3.63) is 25.9 Å². The Morgan fingerprint density at radius 2 is 2.10 bits per heavy atom. The highest BCUT2D eigenvalue weighted by atomic mass is 127. The summed E-state index contributed by atoms with van der Waals surface area (Å²) in [6.07, 6.45) is 1.51. The van der Waals surface area contributed by atoms with E-state index in [4.69, 9.17) is 4.42 Å². The fourth-order valence-electron chi connectivity index (χ4n) is 1.93. The lowest BCUT2D eigenvalue weighted by atomic mass is 10.1. The van der Waals surface area contributed by atoms with Crippen molar-refractivity contribution in [3.63, 3.8) is 0 Å². The third kappa shape index (κ3) is 3.11. The van der Waals surface area contributed by atoms with Gasteiger partial charge in [0.15, 0.2) is 9.55 Å². The molecule has 0 aliphatic carbocycles. The zero-order valence-electron chi connectivity index (χ0n) is 11.6. The fraction of sp³-hybridized carbons (Fsp3) is 0.308. The van der Waals surface area contributed by atoms with Crippen LogP contribution in [0.5, 0.6) is 0 Å². The van der Waals surface area contributed by atoms with Crippen molar-refractivity contribution in [1.29, 1.82) is 0 Å². The van der Waals surface area contributed by atoms with Gasteiger partial charge in [0.25, 0.3) is 0 Å². The van der Waals surface area contributed by atoms with Crippen LogP contribution in [0.25, 0.3) is 11.0 Å². The van der Waals surface area contributed by atoms with E-state index in [0.29, 0.717) is 36.9 Å². The summed E-state index contributed by atoms with van der Waals surface area (Å²) < 4.78 is 31.2. The first-order valence-electron chi connectivity index (χ1n) is 6.05. The lowest BCUT2D eigenvalue weighted by molar-refractivity contribution is 0.0987. The summed E-state index contributed by atoms with van der Waals surface area (Å²) in [7, 11) is -1.91. The highest BCUT2D eigenvalue weighted by molar-refractivity contribution is 14.1. The van der Waals surface area contributed by atoms with E-state index in [1.807, 2.05) is 22.6 Å². The van der Waals surface area contributed by atoms with Gasteiger partial charge in [-0.05, 0) is 22.0 Å². The molecular weight excluding hydrogens is 473 g/mol. The molecule has 2 aromatic rings. The van der Waals surface area contributed by atoms with E-state index in [9.17, 15) is 13.2 Å². The van der Waals surface area contributed by atoms with E-state index in [-0.39, 0.29) is 7.21 Å². The number of ketones is 1. The molecule has 1 aromatic heterocycles. The standard InChI is InChI=1S/C13H13BrINO4S.H2/c1-4-10(17)12-7-5-8(14)9(16(2)21(3,18)19)6-11(7)20-13(12)15;/h5-6H,4H2,1-3H3;1H/i;1+1. The monoisotopic (exact) mass is 488 g/mol. The second kappa shape index (κ2) is 5.88. The number of carbonyl (C=O) groups excluding carboxylic acids is 1. The molecule has 0 amide bonds. The van der Waals surface area contributed by atoms with Gasteiger partial charge in [-0.25, -0.2) is 8.42 Å². The molecule has 0 aliphatic rings. The molecule has 0 bridgehead atoms. The molecule has 1 aromatic carbocycles. The van der Waals surface area contributed by atoms with Gasteiger partial charge in [0.1, 0.15) is 5.58 Å². The quantitative estimate of drug-likeness (QED) is 0.481. The fourth-order valence-corrected chi connectivity index (χ4v) is 4.00. The average molecular weight is 489 g/mol. The van der Waals surface area contributed by atoms with Crippen molar-refractivity contribution in [2.45, 2.75) is 13.3 Å². The number of benzene rings is 1. The van der Waals surface area contributed by atoms with Gasteiger partial charge >= 0.3 is 0 Å². The Kier molecular flexibility index (Phi) is 4.69. The van der Waals surface area contributed by atoms with Crippen LogP contribution >= 0.6 is 38.5 Å². The lowest BCUT2D eigenvalue weighted by Crippen LogP contribution is -2.25. The highest BCUT2D eigenvalue weighted by Crippen LogP contribution is 2.36. The van der Waals surface area contributed by atoms with Crippen molar-refractivity contribution in [2.24, 2.45) is 0 Å². The van der Waals surface area contributed by atoms with Gasteiger partial charge in [0.2, 0.25) is 10.0 Å². The number of carbonyl (C=O) groups is 1. The molecule has 5 nitrogen and oxygen atoms in total. The third-order valence-corrected chi connectivity index (χ3v) is 5.74. The minimum Gasteiger partial charge on any atom is -0.449 e. The number of anilines is 1. The first-order valence-corrected chi connectivity index (χ1v) is 9.77. The molecule has 8 heteroatoms. The lowest BCUT2D eigenvalue weighted by Gasteiger charge is -2.18. The molecule has 0 atom stereocenters. The molecule has 0 fully saturated rings. The number of nitrogens with zero attached hydrogens (tertiary/aromatic N) is 1. The summed E-state index contributed by atoms with van der Waals surface area (Å²) in [5, 5.41) is 0.684. The van der Waals surface area contributed by atoms with E-state index < -0.39 is 10.0 Å². The van der Waals surface area contributed by atoms with Gasteiger partial charge in [-0.3, -0.25) is 9.10 Å². The molecule has 0 N–H and O–H groups in total. The zero-order chi connectivity index (χ0) is 15.9. The van der Waals surface area contributed by atoms with Gasteiger partial charge in [0, 0.05) is 53.4 Å². The van der Waals surface area contributed by atoms with E-state index in [1.165, 1.54) is 7.05 Å².